The number of ether oxygens (including phenoxy) is 1. The number of hydrogen-bond donors (Lipinski definition) is 1. The Kier molecular flexibility index (Phi) is 4.67. The summed E-state index contributed by atoms with van der Waals surface area (Å²) in [5.41, 5.74) is 1.06. The molecule has 0 aliphatic rings. The van der Waals surface area contributed by atoms with Gasteiger partial charge in [-0.15, -0.1) is 0 Å². The zero-order valence-electron chi connectivity index (χ0n) is 13.0. The number of rotatable bonds is 4. The number of hydrogen-bond acceptors (Lipinski definition) is 3. The standard InChI is InChI=1S/C20H15BrO3/c1-24-19-11-8-15(21)12-14(19)7-10-18(22)17-9-6-13-4-2-3-5-16(13)20(17)23/h2-12,23H,1H3/b10-7+. The fraction of sp³-hybridized carbons (Fsp3) is 0.0500. The first-order valence-corrected chi connectivity index (χ1v) is 8.16. The smallest absolute Gasteiger partial charge is 0.189 e. The Morgan fingerprint density at radius 1 is 1.12 bits per heavy atom. The molecule has 1 N–H and O–H groups in total. The highest BCUT2D eigenvalue weighted by Gasteiger charge is 2.11. The number of ketones is 1. The number of allylic oxidation sites excluding steroid dienone is 1. The third kappa shape index (κ3) is 3.19. The van der Waals surface area contributed by atoms with E-state index in [9.17, 15) is 9.90 Å². The Morgan fingerprint density at radius 3 is 2.71 bits per heavy atom. The lowest BCUT2D eigenvalue weighted by Crippen LogP contribution is -1.96. The maximum atomic E-state index is 12.5. The van der Waals surface area contributed by atoms with Gasteiger partial charge in [0.15, 0.2) is 5.78 Å². The second-order valence-electron chi connectivity index (χ2n) is 5.27. The molecule has 3 rings (SSSR count). The van der Waals surface area contributed by atoms with Crippen LogP contribution in [0.2, 0.25) is 0 Å². The van der Waals surface area contributed by atoms with Gasteiger partial charge in [0.05, 0.1) is 12.7 Å². The summed E-state index contributed by atoms with van der Waals surface area (Å²) >= 11 is 3.40. The number of halogens is 1. The van der Waals surface area contributed by atoms with E-state index in [-0.39, 0.29) is 17.1 Å². The molecular weight excluding hydrogens is 368 g/mol. The SMILES string of the molecule is COc1ccc(Br)cc1/C=C/C(=O)c1ccc2ccccc2c1O. The number of phenolic OH excluding ortho intramolecular Hbond substituents is 1. The van der Waals surface area contributed by atoms with Crippen molar-refractivity contribution in [2.24, 2.45) is 0 Å². The molecule has 3 aromatic rings. The maximum absolute atomic E-state index is 12.5. The Morgan fingerprint density at radius 2 is 1.92 bits per heavy atom. The van der Waals surface area contributed by atoms with Crippen LogP contribution in [-0.4, -0.2) is 18.0 Å². The lowest BCUT2D eigenvalue weighted by Gasteiger charge is -2.06. The quantitative estimate of drug-likeness (QED) is 0.497. The van der Waals surface area contributed by atoms with Gasteiger partial charge in [-0.05, 0) is 41.8 Å². The maximum Gasteiger partial charge on any atom is 0.189 e. The summed E-state index contributed by atoms with van der Waals surface area (Å²) in [6, 6.07) is 16.4. The van der Waals surface area contributed by atoms with Gasteiger partial charge in [-0.3, -0.25) is 4.79 Å². The minimum Gasteiger partial charge on any atom is -0.507 e. The van der Waals surface area contributed by atoms with Gasteiger partial charge in [-0.1, -0.05) is 46.3 Å². The number of phenols is 1. The highest BCUT2D eigenvalue weighted by atomic mass is 79.9. The first-order chi connectivity index (χ1) is 11.6. The second-order valence-corrected chi connectivity index (χ2v) is 6.18. The lowest BCUT2D eigenvalue weighted by molar-refractivity contribution is 0.104. The molecule has 0 atom stereocenters. The van der Waals surface area contributed by atoms with Gasteiger partial charge in [0.2, 0.25) is 0 Å². The number of carbonyl (C=O) groups excluding carboxylic acids is 1. The predicted molar refractivity (Wildman–Crippen MR) is 99.7 cm³/mol. The molecule has 0 aliphatic carbocycles. The van der Waals surface area contributed by atoms with Crippen molar-refractivity contribution in [3.05, 3.63) is 76.3 Å². The van der Waals surface area contributed by atoms with Crippen LogP contribution in [0.4, 0.5) is 0 Å². The summed E-state index contributed by atoms with van der Waals surface area (Å²) < 4.78 is 6.18. The minimum absolute atomic E-state index is 0.00366. The van der Waals surface area contributed by atoms with Crippen LogP contribution in [-0.2, 0) is 0 Å². The molecule has 0 spiro atoms. The summed E-state index contributed by atoms with van der Waals surface area (Å²) in [6.07, 6.45) is 3.12. The van der Waals surface area contributed by atoms with Crippen molar-refractivity contribution in [1.29, 1.82) is 0 Å². The Hall–Kier alpha value is -2.59. The molecule has 0 radical (unpaired) electrons. The Labute approximate surface area is 148 Å². The third-order valence-corrected chi connectivity index (χ3v) is 4.27. The van der Waals surface area contributed by atoms with E-state index in [0.717, 1.165) is 15.4 Å². The molecular formula is C20H15BrO3. The highest BCUT2D eigenvalue weighted by molar-refractivity contribution is 9.10. The van der Waals surface area contributed by atoms with E-state index in [0.29, 0.717) is 11.1 Å². The summed E-state index contributed by atoms with van der Waals surface area (Å²) in [4.78, 5) is 12.5. The molecule has 0 unspecified atom stereocenters. The van der Waals surface area contributed by atoms with Crippen LogP contribution >= 0.6 is 15.9 Å². The average Bonchev–Trinajstić information content (AvgIpc) is 2.60. The zero-order valence-corrected chi connectivity index (χ0v) is 14.6. The number of fused-ring (bicyclic) bond motifs is 1. The first kappa shape index (κ1) is 16.3. The normalized spacial score (nSPS) is 11.1. The molecule has 120 valence electrons. The van der Waals surface area contributed by atoms with Gasteiger partial charge >= 0.3 is 0 Å². The van der Waals surface area contributed by atoms with Crippen molar-refractivity contribution in [3.63, 3.8) is 0 Å². The zero-order chi connectivity index (χ0) is 17.1. The molecule has 0 heterocycles. The molecule has 0 aliphatic heterocycles. The van der Waals surface area contributed by atoms with Gasteiger partial charge in [0.25, 0.3) is 0 Å². The monoisotopic (exact) mass is 382 g/mol. The van der Waals surface area contributed by atoms with Crippen LogP contribution in [0.1, 0.15) is 15.9 Å². The molecule has 0 aromatic heterocycles. The van der Waals surface area contributed by atoms with Crippen LogP contribution in [0.3, 0.4) is 0 Å². The Bertz CT molecular complexity index is 945. The van der Waals surface area contributed by atoms with Crippen molar-refractivity contribution in [1.82, 2.24) is 0 Å². The minimum atomic E-state index is -0.264. The summed E-state index contributed by atoms with van der Waals surface area (Å²) in [7, 11) is 1.58. The van der Waals surface area contributed by atoms with Crippen LogP contribution < -0.4 is 4.74 Å². The summed E-state index contributed by atoms with van der Waals surface area (Å²) in [5.74, 6) is 0.411. The lowest BCUT2D eigenvalue weighted by atomic mass is 10.0. The van der Waals surface area contributed by atoms with Crippen molar-refractivity contribution < 1.29 is 14.6 Å². The molecule has 3 nitrogen and oxygen atoms in total. The van der Waals surface area contributed by atoms with E-state index < -0.39 is 0 Å². The van der Waals surface area contributed by atoms with Crippen molar-refractivity contribution >= 4 is 38.6 Å². The molecule has 4 heteroatoms. The number of benzene rings is 3. The van der Waals surface area contributed by atoms with Gasteiger partial charge in [-0.25, -0.2) is 0 Å². The summed E-state index contributed by atoms with van der Waals surface area (Å²) in [5, 5.41) is 11.9. The van der Waals surface area contributed by atoms with Crippen molar-refractivity contribution in [2.45, 2.75) is 0 Å². The van der Waals surface area contributed by atoms with E-state index in [1.165, 1.54) is 6.08 Å². The fourth-order valence-electron chi connectivity index (χ4n) is 2.54. The number of methoxy groups -OCH3 is 1. The third-order valence-electron chi connectivity index (χ3n) is 3.77. The van der Waals surface area contributed by atoms with E-state index in [1.54, 1.807) is 25.3 Å². The fourth-order valence-corrected chi connectivity index (χ4v) is 2.92. The average molecular weight is 383 g/mol. The number of aromatic hydroxyl groups is 1. The van der Waals surface area contributed by atoms with Crippen LogP contribution in [0, 0.1) is 0 Å². The molecule has 0 fully saturated rings. The molecule has 24 heavy (non-hydrogen) atoms. The summed E-state index contributed by atoms with van der Waals surface area (Å²) in [6.45, 7) is 0. The predicted octanol–water partition coefficient (Wildman–Crippen LogP) is 5.21. The van der Waals surface area contributed by atoms with Crippen LogP contribution in [0.25, 0.3) is 16.8 Å². The largest absolute Gasteiger partial charge is 0.507 e. The Balaban J connectivity index is 1.96. The molecule has 0 saturated heterocycles. The molecule has 0 saturated carbocycles. The topological polar surface area (TPSA) is 46.5 Å². The van der Waals surface area contributed by atoms with Crippen molar-refractivity contribution in [3.8, 4) is 11.5 Å². The second kappa shape index (κ2) is 6.89. The van der Waals surface area contributed by atoms with E-state index in [1.807, 2.05) is 42.5 Å². The van der Waals surface area contributed by atoms with E-state index in [2.05, 4.69) is 15.9 Å². The number of carbonyl (C=O) groups is 1. The molecule has 3 aromatic carbocycles. The molecule has 0 bridgehead atoms. The van der Waals surface area contributed by atoms with Gasteiger partial charge in [0.1, 0.15) is 11.5 Å². The molecule has 0 amide bonds. The highest BCUT2D eigenvalue weighted by Crippen LogP contribution is 2.29. The first-order valence-electron chi connectivity index (χ1n) is 7.37. The van der Waals surface area contributed by atoms with E-state index in [4.69, 9.17) is 4.74 Å². The van der Waals surface area contributed by atoms with Gasteiger partial charge in [0, 0.05) is 15.4 Å². The van der Waals surface area contributed by atoms with Crippen molar-refractivity contribution in [2.75, 3.05) is 7.11 Å². The van der Waals surface area contributed by atoms with Gasteiger partial charge < -0.3 is 9.84 Å². The van der Waals surface area contributed by atoms with Crippen LogP contribution in [0.15, 0.2) is 65.1 Å². The van der Waals surface area contributed by atoms with Gasteiger partial charge in [-0.2, -0.15) is 0 Å². The van der Waals surface area contributed by atoms with Crippen LogP contribution in [0.5, 0.6) is 11.5 Å². The van der Waals surface area contributed by atoms with E-state index >= 15 is 0 Å².